The van der Waals surface area contributed by atoms with E-state index in [2.05, 4.69) is 52.6 Å². The summed E-state index contributed by atoms with van der Waals surface area (Å²) < 4.78 is 28.2. The molecule has 0 radical (unpaired) electrons. The van der Waals surface area contributed by atoms with Gasteiger partial charge in [-0.05, 0) is 50.2 Å². The Kier molecular flexibility index (Phi) is 25.1. The van der Waals surface area contributed by atoms with Gasteiger partial charge in [0.25, 0.3) is 0 Å². The Hall–Kier alpha value is -3.06. The molecule has 5 atom stereocenters. The van der Waals surface area contributed by atoms with Gasteiger partial charge in [0.05, 0.1) is 39.3 Å². The first-order chi connectivity index (χ1) is 23.6. The van der Waals surface area contributed by atoms with Gasteiger partial charge < -0.3 is 28.4 Å². The van der Waals surface area contributed by atoms with E-state index in [0.29, 0.717) is 38.2 Å². The first-order valence-electron chi connectivity index (χ1n) is 16.2. The van der Waals surface area contributed by atoms with Crippen LogP contribution in [0.5, 0.6) is 0 Å². The highest BCUT2D eigenvalue weighted by Crippen LogP contribution is 2.37. The molecule has 2 aromatic carbocycles. The van der Waals surface area contributed by atoms with Crippen LogP contribution in [0, 0.1) is 11.8 Å². The number of ether oxygens (including phenoxy) is 6. The molecular weight excluding hydrogens is 776 g/mol. The molecule has 0 aliphatic rings. The summed E-state index contributed by atoms with van der Waals surface area (Å²) in [6.45, 7) is 11.8. The predicted octanol–water partition coefficient (Wildman–Crippen LogP) is 7.78. The van der Waals surface area contributed by atoms with Gasteiger partial charge in [0.15, 0.2) is 0 Å². The van der Waals surface area contributed by atoms with Crippen molar-refractivity contribution >= 4 is 55.7 Å². The van der Waals surface area contributed by atoms with Crippen LogP contribution in [-0.2, 0) is 47.6 Å². The summed E-state index contributed by atoms with van der Waals surface area (Å²) in [7, 11) is 5.91. The maximum atomic E-state index is 12.4. The van der Waals surface area contributed by atoms with Crippen molar-refractivity contribution in [1.29, 1.82) is 0 Å². The second-order valence-corrected chi connectivity index (χ2v) is 14.6. The van der Waals surface area contributed by atoms with Crippen LogP contribution in [0.3, 0.4) is 0 Å². The molecule has 50 heavy (non-hydrogen) atoms. The molecule has 2 aromatic rings. The molecule has 0 aromatic heterocycles. The lowest BCUT2D eigenvalue weighted by Gasteiger charge is -2.28. The lowest BCUT2D eigenvalue weighted by Crippen LogP contribution is -2.34. The van der Waals surface area contributed by atoms with Crippen molar-refractivity contribution in [3.05, 3.63) is 83.9 Å². The smallest absolute Gasteiger partial charge is 0.333 e. The minimum atomic E-state index is -0.850. The van der Waals surface area contributed by atoms with Crippen molar-refractivity contribution < 1.29 is 47.6 Å². The zero-order chi connectivity index (χ0) is 38.1. The highest BCUT2D eigenvalue weighted by Gasteiger charge is 2.36. The SMILES string of the molecule is C=C(C)C(=O)OCCOC.COC(=O)C(C)CC(Br)c1ccccc1.COCCOC(=O)C(C)(Br)CC(CC(C)C(=O)OC)c1ccccc1. The van der Waals surface area contributed by atoms with Crippen molar-refractivity contribution in [3.8, 4) is 0 Å². The van der Waals surface area contributed by atoms with Gasteiger partial charge in [-0.2, -0.15) is 0 Å². The number of esters is 4. The normalized spacial score (nSPS) is 14.0. The molecule has 2 rings (SSSR count). The number of carbonyl (C=O) groups is 4. The summed E-state index contributed by atoms with van der Waals surface area (Å²) in [5, 5.41) is 0. The van der Waals surface area contributed by atoms with Gasteiger partial charge >= 0.3 is 23.9 Å². The summed E-state index contributed by atoms with van der Waals surface area (Å²) in [6, 6.07) is 19.9. The average Bonchev–Trinajstić information content (AvgIpc) is 3.11. The molecule has 0 fully saturated rings. The minimum Gasteiger partial charge on any atom is -0.469 e. The van der Waals surface area contributed by atoms with Crippen molar-refractivity contribution in [2.45, 2.75) is 62.0 Å². The Labute approximate surface area is 314 Å². The average molecular weight is 831 g/mol. The number of alkyl halides is 2. The van der Waals surface area contributed by atoms with Gasteiger partial charge in [-0.3, -0.25) is 14.4 Å². The summed E-state index contributed by atoms with van der Waals surface area (Å²) in [4.78, 5) is 46.3. The molecule has 0 saturated carbocycles. The maximum Gasteiger partial charge on any atom is 0.333 e. The highest BCUT2D eigenvalue weighted by atomic mass is 79.9. The molecule has 280 valence electrons. The van der Waals surface area contributed by atoms with Gasteiger partial charge in [0, 0.05) is 24.6 Å². The summed E-state index contributed by atoms with van der Waals surface area (Å²) >= 11 is 7.09. The van der Waals surface area contributed by atoms with E-state index >= 15 is 0 Å². The Morgan fingerprint density at radius 1 is 0.720 bits per heavy atom. The van der Waals surface area contributed by atoms with E-state index in [4.69, 9.17) is 14.2 Å². The molecule has 0 amide bonds. The van der Waals surface area contributed by atoms with Gasteiger partial charge in [-0.15, -0.1) is 0 Å². The van der Waals surface area contributed by atoms with Crippen molar-refractivity contribution in [1.82, 2.24) is 0 Å². The molecule has 0 heterocycles. The first-order valence-corrected chi connectivity index (χ1v) is 17.9. The van der Waals surface area contributed by atoms with E-state index in [1.54, 1.807) is 28.1 Å². The molecule has 5 unspecified atom stereocenters. The second kappa shape index (κ2) is 26.7. The Morgan fingerprint density at radius 2 is 1.16 bits per heavy atom. The van der Waals surface area contributed by atoms with E-state index < -0.39 is 4.32 Å². The second-order valence-electron chi connectivity index (χ2n) is 11.7. The summed E-state index contributed by atoms with van der Waals surface area (Å²) in [5.74, 6) is -1.44. The van der Waals surface area contributed by atoms with Crippen LogP contribution in [0.1, 0.15) is 68.8 Å². The third-order valence-corrected chi connectivity index (χ3v) is 8.83. The molecule has 0 N–H and O–H groups in total. The fraction of sp³-hybridized carbons (Fsp3) is 0.526. The number of methoxy groups -OCH3 is 4. The Bertz CT molecular complexity index is 1270. The zero-order valence-electron chi connectivity index (χ0n) is 30.6. The third-order valence-electron chi connectivity index (χ3n) is 7.28. The van der Waals surface area contributed by atoms with Gasteiger partial charge in [-0.25, -0.2) is 4.79 Å². The topological polar surface area (TPSA) is 124 Å². The van der Waals surface area contributed by atoms with Crippen LogP contribution in [0.4, 0.5) is 0 Å². The van der Waals surface area contributed by atoms with E-state index in [0.717, 1.165) is 12.0 Å². The Balaban J connectivity index is 0.000000810. The standard InChI is InChI=1S/C19H27BrO5.C12H15BrO2.C7H12O3/c1-14(17(21)24-4)12-16(15-8-6-5-7-9-15)13-19(2,20)18(22)25-11-10-23-3;1-9(12(14)15-2)8-11(13)10-6-4-3-5-7-10;1-6(2)7(8)10-5-4-9-3/h5-9,14,16H,10-13H2,1-4H3;3-7,9,11H,8H2,1-2H3;1,4-5H2,2-3H3. The number of hydrogen-bond donors (Lipinski definition) is 0. The first kappa shape index (κ1) is 46.9. The summed E-state index contributed by atoms with van der Waals surface area (Å²) in [6.07, 6.45) is 1.84. The van der Waals surface area contributed by atoms with Gasteiger partial charge in [0.1, 0.15) is 17.5 Å². The molecule has 0 aliphatic carbocycles. The molecule has 10 nitrogen and oxygen atoms in total. The van der Waals surface area contributed by atoms with E-state index in [1.807, 2.05) is 74.5 Å². The van der Waals surface area contributed by atoms with Crippen LogP contribution >= 0.6 is 31.9 Å². The van der Waals surface area contributed by atoms with Gasteiger partial charge in [-0.1, -0.05) is 113 Å². The molecular formula is C38H54Br2O10. The number of benzene rings is 2. The Morgan fingerprint density at radius 3 is 1.60 bits per heavy atom. The molecule has 0 spiro atoms. The number of hydrogen-bond acceptors (Lipinski definition) is 10. The quantitative estimate of drug-likeness (QED) is 0.0484. The molecule has 0 bridgehead atoms. The fourth-order valence-corrected chi connectivity index (χ4v) is 5.82. The fourth-order valence-electron chi connectivity index (χ4n) is 4.45. The van der Waals surface area contributed by atoms with E-state index in [9.17, 15) is 19.2 Å². The predicted molar refractivity (Wildman–Crippen MR) is 201 cm³/mol. The molecule has 0 aliphatic heterocycles. The lowest BCUT2D eigenvalue weighted by atomic mass is 9.83. The monoisotopic (exact) mass is 828 g/mol. The van der Waals surface area contributed by atoms with E-state index in [1.165, 1.54) is 19.8 Å². The number of halogens is 2. The van der Waals surface area contributed by atoms with E-state index in [-0.39, 0.29) is 53.1 Å². The van der Waals surface area contributed by atoms with Crippen LogP contribution in [0.25, 0.3) is 0 Å². The van der Waals surface area contributed by atoms with Crippen molar-refractivity contribution in [2.75, 3.05) is 54.9 Å². The van der Waals surface area contributed by atoms with Crippen molar-refractivity contribution in [3.63, 3.8) is 0 Å². The van der Waals surface area contributed by atoms with Crippen molar-refractivity contribution in [2.24, 2.45) is 11.8 Å². The van der Waals surface area contributed by atoms with Crippen LogP contribution in [0.15, 0.2) is 72.8 Å². The van der Waals surface area contributed by atoms with Gasteiger partial charge in [0.2, 0.25) is 0 Å². The summed E-state index contributed by atoms with van der Waals surface area (Å²) in [5.41, 5.74) is 2.68. The highest BCUT2D eigenvalue weighted by molar-refractivity contribution is 9.10. The number of rotatable bonds is 18. The lowest BCUT2D eigenvalue weighted by molar-refractivity contribution is -0.147. The molecule has 0 saturated heterocycles. The number of carbonyl (C=O) groups excluding carboxylic acids is 4. The molecule has 12 heteroatoms. The largest absolute Gasteiger partial charge is 0.469 e. The maximum absolute atomic E-state index is 12.4. The van der Waals surface area contributed by atoms with Crippen LogP contribution in [0.2, 0.25) is 0 Å². The van der Waals surface area contributed by atoms with Crippen LogP contribution < -0.4 is 0 Å². The zero-order valence-corrected chi connectivity index (χ0v) is 33.8. The third kappa shape index (κ3) is 20.0. The van der Waals surface area contributed by atoms with Crippen LogP contribution in [-0.4, -0.2) is 83.1 Å². The minimum absolute atomic E-state index is 0.00894.